The molecule has 0 bridgehead atoms. The summed E-state index contributed by atoms with van der Waals surface area (Å²) in [7, 11) is 0. The van der Waals surface area contributed by atoms with Gasteiger partial charge in [-0.3, -0.25) is 4.99 Å². The van der Waals surface area contributed by atoms with Crippen molar-refractivity contribution in [2.45, 2.75) is 6.92 Å². The molecular weight excluding hydrogens is 408 g/mol. The van der Waals surface area contributed by atoms with Gasteiger partial charge >= 0.3 is 0 Å². The Morgan fingerprint density at radius 2 is 1.85 bits per heavy atom. The lowest BCUT2D eigenvalue weighted by Crippen LogP contribution is -1.83. The molecule has 0 spiro atoms. The van der Waals surface area contributed by atoms with E-state index in [1.807, 2.05) is 25.1 Å². The first-order valence-corrected chi connectivity index (χ1v) is 9.02. The summed E-state index contributed by atoms with van der Waals surface area (Å²) >= 11 is 3.36. The van der Waals surface area contributed by atoms with Crippen LogP contribution in [0.5, 0.6) is 11.5 Å². The molecule has 0 fully saturated rings. The summed E-state index contributed by atoms with van der Waals surface area (Å²) < 4.78 is 6.58. The van der Waals surface area contributed by atoms with Crippen LogP contribution in [0.3, 0.4) is 0 Å². The molecule has 1 aromatic heterocycles. The molecule has 0 aliphatic heterocycles. The van der Waals surface area contributed by atoms with E-state index in [0.717, 1.165) is 15.6 Å². The van der Waals surface area contributed by atoms with E-state index < -0.39 is 0 Å². The SMILES string of the molecule is Cc1ccc2oc(-c3ccc(N=Cc4cc(Br)ccc4O)cc3O)nc2c1. The van der Waals surface area contributed by atoms with Crippen molar-refractivity contribution in [2.75, 3.05) is 0 Å². The number of rotatable bonds is 3. The monoisotopic (exact) mass is 422 g/mol. The van der Waals surface area contributed by atoms with Crippen LogP contribution in [-0.4, -0.2) is 21.4 Å². The molecule has 5 nitrogen and oxygen atoms in total. The fraction of sp³-hybridized carbons (Fsp3) is 0.0476. The summed E-state index contributed by atoms with van der Waals surface area (Å²) in [6.45, 7) is 1.99. The average molecular weight is 423 g/mol. The van der Waals surface area contributed by atoms with Crippen molar-refractivity contribution in [2.24, 2.45) is 4.99 Å². The standard InChI is InChI=1S/C21H15BrN2O3/c1-12-2-7-20-17(8-12)24-21(27-20)16-5-4-15(10-19(16)26)23-11-13-9-14(22)3-6-18(13)25/h2-11,25-26H,1H3. The van der Waals surface area contributed by atoms with Crippen LogP contribution in [0.15, 0.2) is 68.5 Å². The van der Waals surface area contributed by atoms with Crippen molar-refractivity contribution < 1.29 is 14.6 Å². The highest BCUT2D eigenvalue weighted by atomic mass is 79.9. The second-order valence-electron chi connectivity index (χ2n) is 6.15. The smallest absolute Gasteiger partial charge is 0.231 e. The maximum Gasteiger partial charge on any atom is 0.231 e. The number of halogens is 1. The highest BCUT2D eigenvalue weighted by Crippen LogP contribution is 2.34. The summed E-state index contributed by atoms with van der Waals surface area (Å²) in [6, 6.07) is 15.8. The number of phenols is 2. The quantitative estimate of drug-likeness (QED) is 0.413. The number of fused-ring (bicyclic) bond motifs is 1. The Kier molecular flexibility index (Phi) is 4.41. The Bertz CT molecular complexity index is 1180. The predicted molar refractivity (Wildman–Crippen MR) is 109 cm³/mol. The number of benzene rings is 3. The molecule has 0 atom stereocenters. The molecule has 6 heteroatoms. The second kappa shape index (κ2) is 6.89. The first kappa shape index (κ1) is 17.3. The molecule has 134 valence electrons. The van der Waals surface area contributed by atoms with Crippen LogP contribution in [0.2, 0.25) is 0 Å². The lowest BCUT2D eigenvalue weighted by molar-refractivity contribution is 0.474. The number of aliphatic imine (C=N–C) groups is 1. The zero-order chi connectivity index (χ0) is 19.0. The number of hydrogen-bond donors (Lipinski definition) is 2. The van der Waals surface area contributed by atoms with Gasteiger partial charge in [0, 0.05) is 22.3 Å². The third-order valence-electron chi connectivity index (χ3n) is 4.10. The lowest BCUT2D eigenvalue weighted by Gasteiger charge is -2.02. The van der Waals surface area contributed by atoms with Crippen molar-refractivity contribution in [1.29, 1.82) is 0 Å². The normalized spacial score (nSPS) is 11.5. The Morgan fingerprint density at radius 1 is 1.00 bits per heavy atom. The Hall–Kier alpha value is -3.12. The highest BCUT2D eigenvalue weighted by Gasteiger charge is 2.13. The molecule has 0 aliphatic rings. The predicted octanol–water partition coefficient (Wildman–Crippen LogP) is 5.73. The van der Waals surface area contributed by atoms with E-state index in [4.69, 9.17) is 4.42 Å². The van der Waals surface area contributed by atoms with Gasteiger partial charge in [0.05, 0.1) is 11.3 Å². The molecule has 0 saturated heterocycles. The van der Waals surface area contributed by atoms with Crippen molar-refractivity contribution in [1.82, 2.24) is 4.98 Å². The molecule has 1 heterocycles. The highest BCUT2D eigenvalue weighted by molar-refractivity contribution is 9.10. The first-order valence-electron chi connectivity index (χ1n) is 8.23. The van der Waals surface area contributed by atoms with Crippen molar-refractivity contribution in [3.8, 4) is 23.0 Å². The molecule has 0 saturated carbocycles. The van der Waals surface area contributed by atoms with Gasteiger partial charge in [-0.05, 0) is 55.0 Å². The second-order valence-corrected chi connectivity index (χ2v) is 7.07. The molecule has 4 aromatic rings. The summed E-state index contributed by atoms with van der Waals surface area (Å²) in [5.74, 6) is 0.504. The molecular formula is C21H15BrN2O3. The Labute approximate surface area is 163 Å². The van der Waals surface area contributed by atoms with E-state index in [0.29, 0.717) is 28.3 Å². The summed E-state index contributed by atoms with van der Waals surface area (Å²) in [5.41, 5.74) is 4.11. The maximum absolute atomic E-state index is 10.4. The minimum Gasteiger partial charge on any atom is -0.507 e. The van der Waals surface area contributed by atoms with E-state index >= 15 is 0 Å². The fourth-order valence-electron chi connectivity index (χ4n) is 2.71. The van der Waals surface area contributed by atoms with E-state index in [9.17, 15) is 10.2 Å². The van der Waals surface area contributed by atoms with Crippen molar-refractivity contribution in [3.05, 3.63) is 70.2 Å². The fourth-order valence-corrected chi connectivity index (χ4v) is 3.09. The van der Waals surface area contributed by atoms with Crippen LogP contribution in [0.4, 0.5) is 5.69 Å². The largest absolute Gasteiger partial charge is 0.507 e. The van der Waals surface area contributed by atoms with Gasteiger partial charge in [-0.15, -0.1) is 0 Å². The third-order valence-corrected chi connectivity index (χ3v) is 4.59. The van der Waals surface area contributed by atoms with Gasteiger partial charge in [-0.2, -0.15) is 0 Å². The zero-order valence-electron chi connectivity index (χ0n) is 14.3. The maximum atomic E-state index is 10.4. The number of aromatic hydroxyl groups is 2. The summed E-state index contributed by atoms with van der Waals surface area (Å²) in [5, 5.41) is 20.3. The van der Waals surface area contributed by atoms with Gasteiger partial charge in [0.2, 0.25) is 5.89 Å². The van der Waals surface area contributed by atoms with Gasteiger partial charge in [-0.1, -0.05) is 22.0 Å². The molecule has 0 unspecified atom stereocenters. The molecule has 0 aliphatic carbocycles. The molecule has 2 N–H and O–H groups in total. The molecule has 0 amide bonds. The number of phenolic OH excluding ortho intramolecular Hbond substituents is 2. The first-order chi connectivity index (χ1) is 13.0. The van der Waals surface area contributed by atoms with Crippen LogP contribution in [0.25, 0.3) is 22.6 Å². The van der Waals surface area contributed by atoms with E-state index in [1.54, 1.807) is 30.3 Å². The van der Waals surface area contributed by atoms with Crippen LogP contribution in [-0.2, 0) is 0 Å². The van der Waals surface area contributed by atoms with Crippen LogP contribution >= 0.6 is 15.9 Å². The van der Waals surface area contributed by atoms with E-state index in [-0.39, 0.29) is 11.5 Å². The van der Waals surface area contributed by atoms with Crippen molar-refractivity contribution in [3.63, 3.8) is 0 Å². The number of aromatic nitrogens is 1. The number of aryl methyl sites for hydroxylation is 1. The van der Waals surface area contributed by atoms with E-state index in [1.165, 1.54) is 12.3 Å². The van der Waals surface area contributed by atoms with Gasteiger partial charge < -0.3 is 14.6 Å². The van der Waals surface area contributed by atoms with Gasteiger partial charge in [-0.25, -0.2) is 4.98 Å². The van der Waals surface area contributed by atoms with Crippen LogP contribution in [0, 0.1) is 6.92 Å². The zero-order valence-corrected chi connectivity index (χ0v) is 15.9. The number of oxazole rings is 1. The van der Waals surface area contributed by atoms with Gasteiger partial charge in [0.1, 0.15) is 17.0 Å². The minimum absolute atomic E-state index is 0.0198. The number of nitrogens with zero attached hydrogens (tertiary/aromatic N) is 2. The van der Waals surface area contributed by atoms with Crippen LogP contribution < -0.4 is 0 Å². The van der Waals surface area contributed by atoms with Gasteiger partial charge in [0.15, 0.2) is 5.58 Å². The molecule has 27 heavy (non-hydrogen) atoms. The molecule has 3 aromatic carbocycles. The average Bonchev–Trinajstić information content (AvgIpc) is 3.05. The minimum atomic E-state index is 0.0198. The van der Waals surface area contributed by atoms with Crippen molar-refractivity contribution >= 4 is 38.9 Å². The Morgan fingerprint density at radius 3 is 2.67 bits per heavy atom. The van der Waals surface area contributed by atoms with Gasteiger partial charge in [0.25, 0.3) is 0 Å². The third kappa shape index (κ3) is 3.57. The lowest BCUT2D eigenvalue weighted by atomic mass is 10.1. The summed E-state index contributed by atoms with van der Waals surface area (Å²) in [4.78, 5) is 8.76. The van der Waals surface area contributed by atoms with E-state index in [2.05, 4.69) is 25.9 Å². The molecule has 0 radical (unpaired) electrons. The topological polar surface area (TPSA) is 78.9 Å². The van der Waals surface area contributed by atoms with Crippen LogP contribution in [0.1, 0.15) is 11.1 Å². The number of hydrogen-bond acceptors (Lipinski definition) is 5. The Balaban J connectivity index is 1.65. The molecule has 4 rings (SSSR count). The summed E-state index contributed by atoms with van der Waals surface area (Å²) in [6.07, 6.45) is 1.54.